The average molecular weight is 459 g/mol. The van der Waals surface area contributed by atoms with Gasteiger partial charge in [-0.05, 0) is 62.5 Å². The molecule has 3 nitrogen and oxygen atoms in total. The molecule has 0 bridgehead atoms. The monoisotopic (exact) mass is 457 g/mol. The first-order chi connectivity index (χ1) is 9.34. The van der Waals surface area contributed by atoms with Crippen molar-refractivity contribution in [1.29, 1.82) is 0 Å². The smallest absolute Gasteiger partial charge is 0.206 e. The Balaban J connectivity index is 2.30. The lowest BCUT2D eigenvalue weighted by molar-refractivity contribution is 0.428. The fourth-order valence-electron chi connectivity index (χ4n) is 1.66. The number of sulfonamides is 1. The summed E-state index contributed by atoms with van der Waals surface area (Å²) in [7, 11) is -3.43. The van der Waals surface area contributed by atoms with Crippen LogP contribution >= 0.6 is 54.5 Å². The fourth-order valence-corrected chi connectivity index (χ4v) is 7.05. The van der Waals surface area contributed by atoms with Crippen LogP contribution in [0.1, 0.15) is 17.4 Å². The molecule has 0 aromatic carbocycles. The zero-order valence-corrected chi connectivity index (χ0v) is 16.5. The maximum atomic E-state index is 12.6. The lowest BCUT2D eigenvalue weighted by Crippen LogP contribution is -2.29. The van der Waals surface area contributed by atoms with Gasteiger partial charge in [-0.15, -0.1) is 22.7 Å². The molecule has 0 saturated heterocycles. The molecule has 0 atom stereocenters. The molecule has 0 aliphatic heterocycles. The molecule has 0 saturated carbocycles. The summed E-state index contributed by atoms with van der Waals surface area (Å²) in [5.41, 5.74) is 0.948. The Morgan fingerprint density at radius 3 is 2.40 bits per heavy atom. The van der Waals surface area contributed by atoms with Gasteiger partial charge in [0.2, 0.25) is 0 Å². The van der Waals surface area contributed by atoms with E-state index in [1.807, 2.05) is 26.0 Å². The second-order valence-corrected chi connectivity index (χ2v) is 11.2. The summed E-state index contributed by atoms with van der Waals surface area (Å²) in [4.78, 5) is 1.02. The summed E-state index contributed by atoms with van der Waals surface area (Å²) in [5, 5.41) is 0. The molecule has 0 unspecified atom stereocenters. The van der Waals surface area contributed by atoms with Crippen molar-refractivity contribution in [2.75, 3.05) is 6.54 Å². The quantitative estimate of drug-likeness (QED) is 0.641. The van der Waals surface area contributed by atoms with E-state index in [0.29, 0.717) is 17.3 Å². The molecule has 0 spiro atoms. The summed E-state index contributed by atoms with van der Waals surface area (Å²) < 4.78 is 29.1. The largest absolute Gasteiger partial charge is 0.252 e. The number of hydrogen-bond donors (Lipinski definition) is 0. The molecule has 2 aromatic heterocycles. The Morgan fingerprint density at radius 2 is 1.95 bits per heavy atom. The second-order valence-electron chi connectivity index (χ2n) is 4.16. The molecule has 2 heterocycles. The van der Waals surface area contributed by atoms with Gasteiger partial charge in [-0.1, -0.05) is 6.92 Å². The van der Waals surface area contributed by atoms with Crippen LogP contribution in [0.5, 0.6) is 0 Å². The number of hydrogen-bond acceptors (Lipinski definition) is 4. The van der Waals surface area contributed by atoms with Gasteiger partial charge in [-0.2, -0.15) is 4.31 Å². The fraction of sp³-hybridized carbons (Fsp3) is 0.333. The third kappa shape index (κ3) is 3.53. The molecule has 0 amide bonds. The van der Waals surface area contributed by atoms with Crippen LogP contribution in [-0.4, -0.2) is 19.3 Å². The lowest BCUT2D eigenvalue weighted by atomic mass is 10.4. The molecular formula is C12H13Br2NO2S3. The van der Waals surface area contributed by atoms with Crippen molar-refractivity contribution in [3.8, 4) is 0 Å². The van der Waals surface area contributed by atoms with Crippen molar-refractivity contribution in [1.82, 2.24) is 4.31 Å². The van der Waals surface area contributed by atoms with Crippen molar-refractivity contribution in [2.45, 2.75) is 24.6 Å². The third-order valence-electron chi connectivity index (χ3n) is 2.74. The Kier molecular flexibility index (Phi) is 5.47. The number of aryl methyl sites for hydroxylation is 1. The number of rotatable bonds is 5. The van der Waals surface area contributed by atoms with Crippen LogP contribution in [-0.2, 0) is 16.6 Å². The minimum atomic E-state index is -3.43. The first-order valence-corrected chi connectivity index (χ1v) is 10.5. The molecule has 0 N–H and O–H groups in total. The second kappa shape index (κ2) is 6.58. The molecule has 0 radical (unpaired) electrons. The van der Waals surface area contributed by atoms with Crippen LogP contribution in [0.15, 0.2) is 30.0 Å². The number of thiophene rings is 2. The van der Waals surface area contributed by atoms with Gasteiger partial charge in [-0.3, -0.25) is 0 Å². The molecule has 2 rings (SSSR count). The van der Waals surface area contributed by atoms with Crippen molar-refractivity contribution in [3.63, 3.8) is 0 Å². The highest BCUT2D eigenvalue weighted by atomic mass is 79.9. The van der Waals surface area contributed by atoms with Gasteiger partial charge in [0, 0.05) is 18.0 Å². The standard InChI is InChI=1S/C12H13Br2NO2S3/c1-3-15(7-9-4-5-10(13)18-9)20(16,17)11-6-8(2)12(14)19-11/h4-6H,3,7H2,1-2H3. The van der Waals surface area contributed by atoms with Crippen molar-refractivity contribution >= 4 is 64.6 Å². The van der Waals surface area contributed by atoms with Crippen molar-refractivity contribution in [2.24, 2.45) is 0 Å². The highest BCUT2D eigenvalue weighted by molar-refractivity contribution is 9.11. The number of halogens is 2. The molecule has 20 heavy (non-hydrogen) atoms. The topological polar surface area (TPSA) is 37.4 Å². The van der Waals surface area contributed by atoms with Gasteiger partial charge in [-0.25, -0.2) is 8.42 Å². The molecule has 0 aliphatic carbocycles. The first kappa shape index (κ1) is 16.6. The molecular weight excluding hydrogens is 446 g/mol. The highest BCUT2D eigenvalue weighted by Crippen LogP contribution is 2.33. The van der Waals surface area contributed by atoms with Crippen LogP contribution in [0.3, 0.4) is 0 Å². The van der Waals surface area contributed by atoms with E-state index in [0.717, 1.165) is 18.0 Å². The summed E-state index contributed by atoms with van der Waals surface area (Å²) in [6, 6.07) is 5.60. The summed E-state index contributed by atoms with van der Waals surface area (Å²) in [6.45, 7) is 4.61. The van der Waals surface area contributed by atoms with E-state index in [-0.39, 0.29) is 0 Å². The average Bonchev–Trinajstić information content (AvgIpc) is 2.94. The summed E-state index contributed by atoms with van der Waals surface area (Å²) >= 11 is 9.60. The van der Waals surface area contributed by atoms with E-state index < -0.39 is 10.0 Å². The predicted molar refractivity (Wildman–Crippen MR) is 92.0 cm³/mol. The van der Waals surface area contributed by atoms with Crippen LogP contribution in [0.4, 0.5) is 0 Å². The Labute approximate surface area is 143 Å². The normalized spacial score (nSPS) is 12.2. The van der Waals surface area contributed by atoms with Crippen molar-refractivity contribution in [3.05, 3.63) is 36.2 Å². The molecule has 110 valence electrons. The number of nitrogens with zero attached hydrogens (tertiary/aromatic N) is 1. The maximum absolute atomic E-state index is 12.6. The first-order valence-electron chi connectivity index (χ1n) is 5.85. The molecule has 2 aromatic rings. The highest BCUT2D eigenvalue weighted by Gasteiger charge is 2.26. The van der Waals surface area contributed by atoms with Crippen LogP contribution in [0.2, 0.25) is 0 Å². The zero-order chi connectivity index (χ0) is 14.9. The lowest BCUT2D eigenvalue weighted by Gasteiger charge is -2.18. The molecule has 0 fully saturated rings. The maximum Gasteiger partial charge on any atom is 0.252 e. The minimum absolute atomic E-state index is 0.388. The van der Waals surface area contributed by atoms with E-state index in [4.69, 9.17) is 0 Å². The Bertz CT molecular complexity index is 687. The van der Waals surface area contributed by atoms with Crippen LogP contribution < -0.4 is 0 Å². The van der Waals surface area contributed by atoms with Gasteiger partial charge in [0.1, 0.15) is 4.21 Å². The molecule has 8 heteroatoms. The van der Waals surface area contributed by atoms with Crippen LogP contribution in [0.25, 0.3) is 0 Å². The Morgan fingerprint density at radius 1 is 1.25 bits per heavy atom. The minimum Gasteiger partial charge on any atom is -0.206 e. The third-order valence-corrected chi connectivity index (χ3v) is 8.86. The summed E-state index contributed by atoms with van der Waals surface area (Å²) in [6.07, 6.45) is 0. The molecule has 0 aliphatic rings. The zero-order valence-electron chi connectivity index (χ0n) is 10.9. The van der Waals surface area contributed by atoms with Gasteiger partial charge >= 0.3 is 0 Å². The van der Waals surface area contributed by atoms with Crippen LogP contribution in [0, 0.1) is 6.92 Å². The van der Waals surface area contributed by atoms with E-state index >= 15 is 0 Å². The van der Waals surface area contributed by atoms with E-state index in [9.17, 15) is 8.42 Å². The predicted octanol–water partition coefficient (Wildman–Crippen LogP) is 4.85. The van der Waals surface area contributed by atoms with E-state index in [1.54, 1.807) is 17.4 Å². The van der Waals surface area contributed by atoms with Gasteiger partial charge < -0.3 is 0 Å². The van der Waals surface area contributed by atoms with Crippen molar-refractivity contribution < 1.29 is 8.42 Å². The van der Waals surface area contributed by atoms with E-state index in [1.165, 1.54) is 15.6 Å². The van der Waals surface area contributed by atoms with Gasteiger partial charge in [0.05, 0.1) is 7.57 Å². The van der Waals surface area contributed by atoms with E-state index in [2.05, 4.69) is 31.9 Å². The SMILES string of the molecule is CCN(Cc1ccc(Br)s1)S(=O)(=O)c1cc(C)c(Br)s1. The Hall–Kier alpha value is 0.270. The van der Waals surface area contributed by atoms with Gasteiger partial charge in [0.15, 0.2) is 0 Å². The summed E-state index contributed by atoms with van der Waals surface area (Å²) in [5.74, 6) is 0. The van der Waals surface area contributed by atoms with Gasteiger partial charge in [0.25, 0.3) is 10.0 Å².